The standard InChI is InChI=1S/C23H18Cl2N2O3S/c24-16-9-15(22(28)18(25)10-16)12-26-11-13-6-7-17-19(8-13)27(31)21(23(29)30)20(17)14-4-2-1-3-5-14/h1-10,26,28,31H,11-12H2,(H,29,30). The van der Waals surface area contributed by atoms with E-state index in [1.54, 1.807) is 6.07 Å². The highest BCUT2D eigenvalue weighted by atomic mass is 35.5. The Bertz CT molecular complexity index is 1290. The topological polar surface area (TPSA) is 74.5 Å². The van der Waals surface area contributed by atoms with Gasteiger partial charge in [-0.25, -0.2) is 4.79 Å². The van der Waals surface area contributed by atoms with Gasteiger partial charge in [-0.3, -0.25) is 3.97 Å². The van der Waals surface area contributed by atoms with E-state index in [4.69, 9.17) is 23.2 Å². The van der Waals surface area contributed by atoms with Crippen LogP contribution in [0.5, 0.6) is 5.75 Å². The molecule has 5 nitrogen and oxygen atoms in total. The molecule has 1 heterocycles. The van der Waals surface area contributed by atoms with E-state index in [0.29, 0.717) is 34.8 Å². The van der Waals surface area contributed by atoms with Crippen molar-refractivity contribution in [3.63, 3.8) is 0 Å². The van der Waals surface area contributed by atoms with Crippen LogP contribution in [0.25, 0.3) is 22.0 Å². The molecule has 158 valence electrons. The summed E-state index contributed by atoms with van der Waals surface area (Å²) in [6.07, 6.45) is 0. The third kappa shape index (κ3) is 4.25. The number of carboxylic acid groups (broad SMARTS) is 1. The van der Waals surface area contributed by atoms with Crippen LogP contribution >= 0.6 is 36.0 Å². The molecule has 0 saturated heterocycles. The quantitative estimate of drug-likeness (QED) is 0.259. The van der Waals surface area contributed by atoms with Crippen LogP contribution in [0.4, 0.5) is 0 Å². The number of hydrogen-bond acceptors (Lipinski definition) is 4. The van der Waals surface area contributed by atoms with Gasteiger partial charge < -0.3 is 15.5 Å². The summed E-state index contributed by atoms with van der Waals surface area (Å²) in [6.45, 7) is 0.850. The van der Waals surface area contributed by atoms with Crippen LogP contribution in [0.1, 0.15) is 21.6 Å². The number of phenolic OH excluding ortho intramolecular Hbond substituents is 1. The fourth-order valence-corrected chi connectivity index (χ4v) is 4.50. The molecular weight excluding hydrogens is 455 g/mol. The zero-order valence-corrected chi connectivity index (χ0v) is 18.5. The van der Waals surface area contributed by atoms with Crippen LogP contribution in [0.15, 0.2) is 60.7 Å². The van der Waals surface area contributed by atoms with Crippen LogP contribution in [0, 0.1) is 0 Å². The maximum atomic E-state index is 12.0. The Morgan fingerprint density at radius 2 is 1.77 bits per heavy atom. The maximum absolute atomic E-state index is 12.0. The van der Waals surface area contributed by atoms with E-state index in [9.17, 15) is 15.0 Å². The first-order chi connectivity index (χ1) is 14.9. The normalized spacial score (nSPS) is 11.2. The number of nitrogens with one attached hydrogen (secondary N) is 1. The molecule has 3 N–H and O–H groups in total. The van der Waals surface area contributed by atoms with E-state index in [2.05, 4.69) is 18.1 Å². The summed E-state index contributed by atoms with van der Waals surface area (Å²) in [5.74, 6) is -1.05. The molecule has 3 aromatic carbocycles. The summed E-state index contributed by atoms with van der Waals surface area (Å²) in [7, 11) is 0. The highest BCUT2D eigenvalue weighted by molar-refractivity contribution is 7.78. The molecule has 4 rings (SSSR count). The summed E-state index contributed by atoms with van der Waals surface area (Å²) in [5.41, 5.74) is 3.80. The van der Waals surface area contributed by atoms with Gasteiger partial charge in [0.05, 0.1) is 10.5 Å². The summed E-state index contributed by atoms with van der Waals surface area (Å²) in [4.78, 5) is 12.0. The number of aromatic nitrogens is 1. The van der Waals surface area contributed by atoms with Gasteiger partial charge in [0, 0.05) is 34.6 Å². The molecule has 0 aliphatic carbocycles. The number of nitrogens with zero attached hydrogens (tertiary/aromatic N) is 1. The van der Waals surface area contributed by atoms with E-state index < -0.39 is 5.97 Å². The van der Waals surface area contributed by atoms with E-state index in [-0.39, 0.29) is 16.5 Å². The third-order valence-corrected chi connectivity index (χ3v) is 5.95. The van der Waals surface area contributed by atoms with E-state index in [1.807, 2.05) is 48.5 Å². The van der Waals surface area contributed by atoms with Crippen molar-refractivity contribution in [2.45, 2.75) is 13.1 Å². The fourth-order valence-electron chi connectivity index (χ4n) is 3.62. The number of aromatic hydroxyl groups is 1. The number of hydrogen-bond donors (Lipinski definition) is 4. The number of fused-ring (bicyclic) bond motifs is 1. The van der Waals surface area contributed by atoms with Gasteiger partial charge >= 0.3 is 5.97 Å². The summed E-state index contributed by atoms with van der Waals surface area (Å²) >= 11 is 16.4. The lowest BCUT2D eigenvalue weighted by Gasteiger charge is -2.09. The van der Waals surface area contributed by atoms with Crippen molar-refractivity contribution < 1.29 is 15.0 Å². The van der Waals surface area contributed by atoms with Crippen molar-refractivity contribution in [2.75, 3.05) is 0 Å². The van der Waals surface area contributed by atoms with E-state index in [1.165, 1.54) is 10.0 Å². The van der Waals surface area contributed by atoms with Crippen LogP contribution in [0.3, 0.4) is 0 Å². The third-order valence-electron chi connectivity index (χ3n) is 5.03. The minimum atomic E-state index is -1.04. The number of carbonyl (C=O) groups is 1. The Hall–Kier alpha value is -2.64. The highest BCUT2D eigenvalue weighted by Crippen LogP contribution is 2.36. The minimum Gasteiger partial charge on any atom is -0.506 e. The molecule has 0 saturated carbocycles. The number of phenols is 1. The lowest BCUT2D eigenvalue weighted by Crippen LogP contribution is -2.13. The molecule has 1 aromatic heterocycles. The molecular formula is C23H18Cl2N2O3S. The van der Waals surface area contributed by atoms with Gasteiger partial charge in [0.2, 0.25) is 0 Å². The second kappa shape index (κ2) is 8.85. The lowest BCUT2D eigenvalue weighted by molar-refractivity contribution is 0.0691. The predicted octanol–water partition coefficient (Wildman–Crippen LogP) is 6.00. The van der Waals surface area contributed by atoms with E-state index in [0.717, 1.165) is 16.5 Å². The van der Waals surface area contributed by atoms with Gasteiger partial charge in [-0.15, -0.1) is 0 Å². The van der Waals surface area contributed by atoms with Crippen molar-refractivity contribution in [1.82, 2.24) is 9.29 Å². The van der Waals surface area contributed by atoms with Crippen LogP contribution in [0.2, 0.25) is 10.0 Å². The average molecular weight is 473 g/mol. The minimum absolute atomic E-state index is 0.00291. The molecule has 0 fully saturated rings. The second-order valence-corrected chi connectivity index (χ2v) is 8.30. The number of thiol groups is 1. The number of aromatic carboxylic acids is 1. The molecule has 0 bridgehead atoms. The Balaban J connectivity index is 1.65. The highest BCUT2D eigenvalue weighted by Gasteiger charge is 2.22. The van der Waals surface area contributed by atoms with Crippen LogP contribution in [-0.4, -0.2) is 20.2 Å². The van der Waals surface area contributed by atoms with Crippen molar-refractivity contribution in [3.05, 3.63) is 87.5 Å². The van der Waals surface area contributed by atoms with Gasteiger partial charge in [-0.05, 0) is 29.3 Å². The van der Waals surface area contributed by atoms with E-state index >= 15 is 0 Å². The van der Waals surface area contributed by atoms with Crippen molar-refractivity contribution in [1.29, 1.82) is 0 Å². The zero-order valence-electron chi connectivity index (χ0n) is 16.1. The maximum Gasteiger partial charge on any atom is 0.354 e. The molecule has 4 aromatic rings. The first kappa shape index (κ1) is 21.6. The smallest absolute Gasteiger partial charge is 0.354 e. The van der Waals surface area contributed by atoms with Gasteiger partial charge in [-0.1, -0.05) is 78.5 Å². The Morgan fingerprint density at radius 3 is 2.48 bits per heavy atom. The number of halogens is 2. The second-order valence-electron chi connectivity index (χ2n) is 7.06. The Labute approximate surface area is 194 Å². The van der Waals surface area contributed by atoms with Gasteiger partial charge in [0.15, 0.2) is 0 Å². The summed E-state index contributed by atoms with van der Waals surface area (Å²) in [5, 5.41) is 24.6. The summed E-state index contributed by atoms with van der Waals surface area (Å²) < 4.78 is 1.41. The number of benzene rings is 3. The van der Waals surface area contributed by atoms with Crippen LogP contribution < -0.4 is 5.32 Å². The molecule has 0 spiro atoms. The Morgan fingerprint density at radius 1 is 1.03 bits per heavy atom. The monoisotopic (exact) mass is 472 g/mol. The first-order valence-electron chi connectivity index (χ1n) is 9.39. The largest absolute Gasteiger partial charge is 0.506 e. The van der Waals surface area contributed by atoms with Gasteiger partial charge in [-0.2, -0.15) is 0 Å². The van der Waals surface area contributed by atoms with Gasteiger partial charge in [0.25, 0.3) is 0 Å². The molecule has 0 unspecified atom stereocenters. The molecule has 0 aliphatic rings. The number of carboxylic acids is 1. The van der Waals surface area contributed by atoms with Crippen molar-refractivity contribution >= 4 is 52.9 Å². The Kier molecular flexibility index (Phi) is 6.16. The predicted molar refractivity (Wildman–Crippen MR) is 127 cm³/mol. The molecule has 0 atom stereocenters. The average Bonchev–Trinajstić information content (AvgIpc) is 3.04. The van der Waals surface area contributed by atoms with Crippen molar-refractivity contribution in [2.24, 2.45) is 0 Å². The van der Waals surface area contributed by atoms with Crippen molar-refractivity contribution in [3.8, 4) is 16.9 Å². The SMILES string of the molecule is O=C(O)c1c(-c2ccccc2)c2ccc(CNCc3cc(Cl)cc(Cl)c3O)cc2n1S. The lowest BCUT2D eigenvalue weighted by atomic mass is 10.0. The van der Waals surface area contributed by atoms with Crippen LogP contribution in [-0.2, 0) is 13.1 Å². The fraction of sp³-hybridized carbons (Fsp3) is 0.0870. The molecule has 0 aliphatic heterocycles. The number of rotatable bonds is 6. The summed E-state index contributed by atoms with van der Waals surface area (Å²) in [6, 6.07) is 18.3. The first-order valence-corrected chi connectivity index (χ1v) is 10.6. The molecule has 31 heavy (non-hydrogen) atoms. The van der Waals surface area contributed by atoms with Gasteiger partial charge in [0.1, 0.15) is 11.4 Å². The molecule has 8 heteroatoms. The zero-order chi connectivity index (χ0) is 22.1. The molecule has 0 amide bonds. The molecule has 0 radical (unpaired) electrons.